The van der Waals surface area contributed by atoms with Gasteiger partial charge in [0, 0.05) is 50.2 Å². The Bertz CT molecular complexity index is 685. The van der Waals surface area contributed by atoms with E-state index in [-0.39, 0.29) is 11.8 Å². The number of hydrogen-bond acceptors (Lipinski definition) is 3. The van der Waals surface area contributed by atoms with Crippen LogP contribution in [0.5, 0.6) is 0 Å². The number of carbonyl (C=O) groups is 2. The Hall–Kier alpha value is -1.88. The molecule has 2 aliphatic rings. The fourth-order valence-electron chi connectivity index (χ4n) is 4.71. The Morgan fingerprint density at radius 1 is 0.933 bits per heavy atom. The molecular formula is C25H39N3O2. The maximum atomic E-state index is 12.9. The van der Waals surface area contributed by atoms with E-state index in [4.69, 9.17) is 0 Å². The van der Waals surface area contributed by atoms with Crippen LogP contribution in [0.1, 0.15) is 75.2 Å². The first kappa shape index (κ1) is 22.8. The molecule has 2 amide bonds. The van der Waals surface area contributed by atoms with Crippen molar-refractivity contribution in [2.24, 2.45) is 5.92 Å². The molecule has 0 atom stereocenters. The third-order valence-electron chi connectivity index (χ3n) is 6.77. The second-order valence-corrected chi connectivity index (χ2v) is 9.16. The number of hydrogen-bond donors (Lipinski definition) is 0. The monoisotopic (exact) mass is 413 g/mol. The second kappa shape index (κ2) is 10.9. The zero-order valence-corrected chi connectivity index (χ0v) is 19.1. The molecule has 2 fully saturated rings. The summed E-state index contributed by atoms with van der Waals surface area (Å²) in [5, 5.41) is 0. The van der Waals surface area contributed by atoms with Crippen LogP contribution >= 0.6 is 0 Å². The van der Waals surface area contributed by atoms with Crippen LogP contribution in [0.2, 0.25) is 0 Å². The lowest BCUT2D eigenvalue weighted by Gasteiger charge is -2.34. The van der Waals surface area contributed by atoms with Crippen molar-refractivity contribution in [2.75, 3.05) is 32.7 Å². The number of carbonyl (C=O) groups excluding carboxylic acids is 2. The molecule has 0 N–H and O–H groups in total. The molecule has 3 rings (SSSR count). The average molecular weight is 414 g/mol. The highest BCUT2D eigenvalue weighted by Crippen LogP contribution is 2.23. The topological polar surface area (TPSA) is 43.9 Å². The van der Waals surface area contributed by atoms with Gasteiger partial charge in [-0.3, -0.25) is 14.5 Å². The van der Waals surface area contributed by atoms with E-state index < -0.39 is 0 Å². The minimum absolute atomic E-state index is 0.0885. The minimum Gasteiger partial charge on any atom is -0.342 e. The fraction of sp³-hybridized carbons (Fsp3) is 0.680. The minimum atomic E-state index is 0.0885. The van der Waals surface area contributed by atoms with Gasteiger partial charge in [-0.15, -0.1) is 0 Å². The van der Waals surface area contributed by atoms with Crippen LogP contribution in [0, 0.1) is 5.92 Å². The Labute approximate surface area is 182 Å². The first-order valence-electron chi connectivity index (χ1n) is 11.9. The van der Waals surface area contributed by atoms with Crippen molar-refractivity contribution in [2.45, 2.75) is 71.9 Å². The van der Waals surface area contributed by atoms with E-state index in [1.54, 1.807) is 0 Å². The molecule has 2 saturated heterocycles. The summed E-state index contributed by atoms with van der Waals surface area (Å²) in [6.07, 6.45) is 6.32. The van der Waals surface area contributed by atoms with Gasteiger partial charge in [-0.2, -0.15) is 0 Å². The standard InChI is InChI=1S/C25H39N3O2/c1-4-26(20(2)3)19-21-9-11-22(12-10-21)24(29)28-17-13-23(14-18-28)25(30)27-15-7-5-6-8-16-27/h9-12,20,23H,4-8,13-19H2,1-3H3. The van der Waals surface area contributed by atoms with Gasteiger partial charge in [0.2, 0.25) is 5.91 Å². The third kappa shape index (κ3) is 5.84. The summed E-state index contributed by atoms with van der Waals surface area (Å²) >= 11 is 0. The quantitative estimate of drug-likeness (QED) is 0.703. The molecule has 0 spiro atoms. The maximum Gasteiger partial charge on any atom is 0.253 e. The molecule has 0 bridgehead atoms. The van der Waals surface area contributed by atoms with Crippen LogP contribution < -0.4 is 0 Å². The Morgan fingerprint density at radius 3 is 2.07 bits per heavy atom. The van der Waals surface area contributed by atoms with Crippen molar-refractivity contribution in [3.8, 4) is 0 Å². The Morgan fingerprint density at radius 2 is 1.53 bits per heavy atom. The van der Waals surface area contributed by atoms with Crippen molar-refractivity contribution in [3.63, 3.8) is 0 Å². The van der Waals surface area contributed by atoms with Gasteiger partial charge >= 0.3 is 0 Å². The molecule has 30 heavy (non-hydrogen) atoms. The lowest BCUT2D eigenvalue weighted by Crippen LogP contribution is -2.44. The number of nitrogens with zero attached hydrogens (tertiary/aromatic N) is 3. The van der Waals surface area contributed by atoms with Crippen molar-refractivity contribution >= 4 is 11.8 Å². The number of benzene rings is 1. The first-order chi connectivity index (χ1) is 14.5. The van der Waals surface area contributed by atoms with Crippen LogP contribution in [0.15, 0.2) is 24.3 Å². The zero-order valence-electron chi connectivity index (χ0n) is 19.1. The predicted molar refractivity (Wildman–Crippen MR) is 121 cm³/mol. The van der Waals surface area contributed by atoms with E-state index in [1.165, 1.54) is 18.4 Å². The van der Waals surface area contributed by atoms with Gasteiger partial charge in [-0.1, -0.05) is 31.9 Å². The summed E-state index contributed by atoms with van der Waals surface area (Å²) in [5.41, 5.74) is 1.99. The molecule has 0 unspecified atom stereocenters. The summed E-state index contributed by atoms with van der Waals surface area (Å²) in [5.74, 6) is 0.503. The van der Waals surface area contributed by atoms with Gasteiger partial charge < -0.3 is 9.80 Å². The largest absolute Gasteiger partial charge is 0.342 e. The fourth-order valence-corrected chi connectivity index (χ4v) is 4.71. The molecule has 0 aliphatic carbocycles. The summed E-state index contributed by atoms with van der Waals surface area (Å²) in [4.78, 5) is 32.2. The molecule has 166 valence electrons. The Kier molecular flexibility index (Phi) is 8.32. The van der Waals surface area contributed by atoms with Crippen LogP contribution in [0.25, 0.3) is 0 Å². The molecule has 5 heteroatoms. The van der Waals surface area contributed by atoms with Gasteiger partial charge in [-0.25, -0.2) is 0 Å². The van der Waals surface area contributed by atoms with E-state index in [2.05, 4.69) is 42.7 Å². The summed E-state index contributed by atoms with van der Waals surface area (Å²) in [7, 11) is 0. The molecule has 1 aromatic rings. The molecule has 1 aromatic carbocycles. The van der Waals surface area contributed by atoms with E-state index in [0.717, 1.165) is 57.4 Å². The van der Waals surface area contributed by atoms with Crippen LogP contribution in [-0.4, -0.2) is 65.3 Å². The molecule has 2 heterocycles. The average Bonchev–Trinajstić information content (AvgIpc) is 3.06. The zero-order chi connectivity index (χ0) is 21.5. The highest BCUT2D eigenvalue weighted by molar-refractivity contribution is 5.94. The van der Waals surface area contributed by atoms with E-state index in [9.17, 15) is 9.59 Å². The van der Waals surface area contributed by atoms with E-state index in [1.807, 2.05) is 17.0 Å². The van der Waals surface area contributed by atoms with Gasteiger partial charge in [0.1, 0.15) is 0 Å². The van der Waals surface area contributed by atoms with E-state index in [0.29, 0.717) is 25.0 Å². The number of piperidine rings is 1. The highest BCUT2D eigenvalue weighted by atomic mass is 16.2. The number of rotatable bonds is 6. The predicted octanol–water partition coefficient (Wildman–Crippen LogP) is 4.17. The number of amides is 2. The molecule has 2 aliphatic heterocycles. The first-order valence-corrected chi connectivity index (χ1v) is 11.9. The Balaban J connectivity index is 1.51. The van der Waals surface area contributed by atoms with Crippen molar-refractivity contribution < 1.29 is 9.59 Å². The van der Waals surface area contributed by atoms with E-state index >= 15 is 0 Å². The van der Waals surface area contributed by atoms with Crippen LogP contribution in [0.4, 0.5) is 0 Å². The normalized spacial score (nSPS) is 18.7. The SMILES string of the molecule is CCN(Cc1ccc(C(=O)N2CCC(C(=O)N3CCCCCC3)CC2)cc1)C(C)C. The second-order valence-electron chi connectivity index (χ2n) is 9.16. The van der Waals surface area contributed by atoms with Crippen molar-refractivity contribution in [1.29, 1.82) is 0 Å². The lowest BCUT2D eigenvalue weighted by molar-refractivity contribution is -0.136. The highest BCUT2D eigenvalue weighted by Gasteiger charge is 2.30. The molecule has 0 radical (unpaired) electrons. The van der Waals surface area contributed by atoms with Gasteiger partial charge in [0.25, 0.3) is 5.91 Å². The van der Waals surface area contributed by atoms with Gasteiger partial charge in [-0.05, 0) is 63.8 Å². The maximum absolute atomic E-state index is 12.9. The van der Waals surface area contributed by atoms with Crippen molar-refractivity contribution in [3.05, 3.63) is 35.4 Å². The third-order valence-corrected chi connectivity index (χ3v) is 6.77. The molecular weight excluding hydrogens is 374 g/mol. The van der Waals surface area contributed by atoms with Crippen molar-refractivity contribution in [1.82, 2.24) is 14.7 Å². The van der Waals surface area contributed by atoms with Crippen LogP contribution in [0.3, 0.4) is 0 Å². The number of likely N-dealkylation sites (tertiary alicyclic amines) is 2. The molecule has 5 nitrogen and oxygen atoms in total. The molecule has 0 saturated carbocycles. The van der Waals surface area contributed by atoms with Crippen LogP contribution in [-0.2, 0) is 11.3 Å². The lowest BCUT2D eigenvalue weighted by atomic mass is 9.94. The van der Waals surface area contributed by atoms with Gasteiger partial charge in [0.05, 0.1) is 0 Å². The van der Waals surface area contributed by atoms with Gasteiger partial charge in [0.15, 0.2) is 0 Å². The summed E-state index contributed by atoms with van der Waals surface area (Å²) in [6.45, 7) is 11.7. The summed E-state index contributed by atoms with van der Waals surface area (Å²) < 4.78 is 0. The smallest absolute Gasteiger partial charge is 0.253 e. The molecule has 0 aromatic heterocycles. The summed E-state index contributed by atoms with van der Waals surface area (Å²) in [6, 6.07) is 8.58.